The summed E-state index contributed by atoms with van der Waals surface area (Å²) in [5.41, 5.74) is 0. The van der Waals surface area contributed by atoms with Crippen LogP contribution in [0.4, 0.5) is 0 Å². The zero-order valence-corrected chi connectivity index (χ0v) is 11.3. The number of hydrogen-bond donors (Lipinski definition) is 1. The van der Waals surface area contributed by atoms with Crippen LogP contribution in [0.25, 0.3) is 0 Å². The minimum atomic E-state index is 0.446. The Kier molecular flexibility index (Phi) is 6.61. The predicted molar refractivity (Wildman–Crippen MR) is 69.0 cm³/mol. The Balaban J connectivity index is 2.49. The summed E-state index contributed by atoms with van der Waals surface area (Å²) < 4.78 is 5.10. The first kappa shape index (κ1) is 13.6. The fraction of sp³-hybridized carbons (Fsp3) is 0.750. The molecule has 1 rings (SSSR count). The van der Waals surface area contributed by atoms with Crippen molar-refractivity contribution in [1.29, 1.82) is 0 Å². The lowest BCUT2D eigenvalue weighted by Gasteiger charge is -2.16. The number of hydrogen-bond acceptors (Lipinski definition) is 4. The van der Waals surface area contributed by atoms with E-state index in [0.29, 0.717) is 6.04 Å². The molecule has 1 unspecified atom stereocenters. The van der Waals surface area contributed by atoms with E-state index in [1.165, 1.54) is 11.3 Å². The predicted octanol–water partition coefficient (Wildman–Crippen LogP) is 2.92. The molecule has 0 aromatic carbocycles. The molecule has 4 heteroatoms. The van der Waals surface area contributed by atoms with Crippen molar-refractivity contribution < 1.29 is 4.74 Å². The maximum absolute atomic E-state index is 5.10. The van der Waals surface area contributed by atoms with Gasteiger partial charge in [0.15, 0.2) is 0 Å². The normalized spacial score (nSPS) is 12.9. The first-order valence-electron chi connectivity index (χ1n) is 5.92. The van der Waals surface area contributed by atoms with E-state index in [2.05, 4.69) is 24.1 Å². The molecular formula is C12H22N2OS. The highest BCUT2D eigenvalue weighted by Crippen LogP contribution is 2.24. The third-order valence-electron chi connectivity index (χ3n) is 2.46. The summed E-state index contributed by atoms with van der Waals surface area (Å²) >= 11 is 1.79. The monoisotopic (exact) mass is 242 g/mol. The van der Waals surface area contributed by atoms with E-state index in [0.717, 1.165) is 31.0 Å². The fourth-order valence-corrected chi connectivity index (χ4v) is 2.53. The largest absolute Gasteiger partial charge is 0.385 e. The number of rotatable bonds is 8. The Labute approximate surface area is 102 Å². The molecule has 0 aliphatic carbocycles. The molecule has 16 heavy (non-hydrogen) atoms. The number of aromatic nitrogens is 1. The Morgan fingerprint density at radius 1 is 1.56 bits per heavy atom. The third kappa shape index (κ3) is 4.60. The van der Waals surface area contributed by atoms with Gasteiger partial charge >= 0.3 is 0 Å². The Bertz CT molecular complexity index is 288. The molecule has 92 valence electrons. The van der Waals surface area contributed by atoms with Gasteiger partial charge in [-0.25, -0.2) is 4.98 Å². The van der Waals surface area contributed by atoms with Crippen LogP contribution in [0.2, 0.25) is 0 Å². The maximum atomic E-state index is 5.10. The second-order valence-corrected chi connectivity index (χ2v) is 5.19. The van der Waals surface area contributed by atoms with Gasteiger partial charge < -0.3 is 10.1 Å². The van der Waals surface area contributed by atoms with Crippen LogP contribution >= 0.6 is 11.3 Å². The zero-order chi connectivity index (χ0) is 11.8. The molecular weight excluding hydrogens is 220 g/mol. The second kappa shape index (κ2) is 7.76. The third-order valence-corrected chi connectivity index (χ3v) is 3.49. The van der Waals surface area contributed by atoms with Gasteiger partial charge in [-0.15, -0.1) is 11.3 Å². The van der Waals surface area contributed by atoms with Gasteiger partial charge in [-0.05, 0) is 32.7 Å². The molecule has 0 aliphatic rings. The number of nitrogens with one attached hydrogen (secondary N) is 1. The zero-order valence-electron chi connectivity index (χ0n) is 10.5. The molecule has 1 N–H and O–H groups in total. The van der Waals surface area contributed by atoms with Crippen molar-refractivity contribution >= 4 is 11.3 Å². The van der Waals surface area contributed by atoms with Gasteiger partial charge in [0, 0.05) is 30.8 Å². The highest BCUT2D eigenvalue weighted by Gasteiger charge is 2.12. The molecule has 0 spiro atoms. The lowest BCUT2D eigenvalue weighted by atomic mass is 10.1. The summed E-state index contributed by atoms with van der Waals surface area (Å²) in [6.45, 7) is 6.15. The van der Waals surface area contributed by atoms with E-state index in [9.17, 15) is 0 Å². The molecule has 0 amide bonds. The summed E-state index contributed by atoms with van der Waals surface area (Å²) in [7, 11) is 1.76. The van der Waals surface area contributed by atoms with Gasteiger partial charge in [-0.3, -0.25) is 0 Å². The van der Waals surface area contributed by atoms with E-state index in [4.69, 9.17) is 4.74 Å². The molecule has 1 heterocycles. The summed E-state index contributed by atoms with van der Waals surface area (Å²) in [6, 6.07) is 0.446. The average Bonchev–Trinajstić information content (AvgIpc) is 2.70. The van der Waals surface area contributed by atoms with Gasteiger partial charge in [0.25, 0.3) is 0 Å². The van der Waals surface area contributed by atoms with Crippen molar-refractivity contribution in [3.05, 3.63) is 16.1 Å². The van der Waals surface area contributed by atoms with Crippen molar-refractivity contribution in [3.63, 3.8) is 0 Å². The van der Waals surface area contributed by atoms with Crippen LogP contribution in [-0.4, -0.2) is 25.2 Å². The molecule has 0 bridgehead atoms. The highest BCUT2D eigenvalue weighted by atomic mass is 32.1. The second-order valence-electron chi connectivity index (χ2n) is 3.92. The van der Waals surface area contributed by atoms with E-state index in [1.54, 1.807) is 18.4 Å². The van der Waals surface area contributed by atoms with Crippen molar-refractivity contribution in [3.8, 4) is 0 Å². The standard InChI is InChI=1S/C12H22N2OS/c1-4-7-13-11(6-5-8-15-3)12-9-14-10(2)16-12/h9,11,13H,4-8H2,1-3H3. The molecule has 1 aromatic rings. The minimum Gasteiger partial charge on any atom is -0.385 e. The molecule has 3 nitrogen and oxygen atoms in total. The summed E-state index contributed by atoms with van der Waals surface area (Å²) in [6.07, 6.45) is 5.38. The van der Waals surface area contributed by atoms with Crippen LogP contribution in [-0.2, 0) is 4.74 Å². The lowest BCUT2D eigenvalue weighted by molar-refractivity contribution is 0.189. The molecule has 0 fully saturated rings. The lowest BCUT2D eigenvalue weighted by Crippen LogP contribution is -2.21. The van der Waals surface area contributed by atoms with Crippen LogP contribution in [0.15, 0.2) is 6.20 Å². The number of methoxy groups -OCH3 is 1. The van der Waals surface area contributed by atoms with E-state index < -0.39 is 0 Å². The highest BCUT2D eigenvalue weighted by molar-refractivity contribution is 7.11. The molecule has 1 aromatic heterocycles. The van der Waals surface area contributed by atoms with Gasteiger partial charge in [-0.2, -0.15) is 0 Å². The molecule has 0 saturated carbocycles. The van der Waals surface area contributed by atoms with Crippen molar-refractivity contribution in [2.75, 3.05) is 20.3 Å². The fourth-order valence-electron chi connectivity index (χ4n) is 1.63. The van der Waals surface area contributed by atoms with Crippen LogP contribution in [0, 0.1) is 6.92 Å². The minimum absolute atomic E-state index is 0.446. The van der Waals surface area contributed by atoms with E-state index in [-0.39, 0.29) is 0 Å². The number of nitrogens with zero attached hydrogens (tertiary/aromatic N) is 1. The van der Waals surface area contributed by atoms with Crippen LogP contribution < -0.4 is 5.32 Å². The smallest absolute Gasteiger partial charge is 0.0897 e. The molecule has 1 atom stereocenters. The Morgan fingerprint density at radius 3 is 2.94 bits per heavy atom. The molecule has 0 radical (unpaired) electrons. The van der Waals surface area contributed by atoms with Crippen LogP contribution in [0.5, 0.6) is 0 Å². The summed E-state index contributed by atoms with van der Waals surface area (Å²) in [5, 5.41) is 4.72. The quantitative estimate of drug-likeness (QED) is 0.712. The van der Waals surface area contributed by atoms with Crippen molar-refractivity contribution in [2.24, 2.45) is 0 Å². The number of aryl methyl sites for hydroxylation is 1. The first-order valence-corrected chi connectivity index (χ1v) is 6.74. The molecule has 0 aliphatic heterocycles. The van der Waals surface area contributed by atoms with Gasteiger partial charge in [0.1, 0.15) is 0 Å². The van der Waals surface area contributed by atoms with Crippen LogP contribution in [0.3, 0.4) is 0 Å². The van der Waals surface area contributed by atoms with Gasteiger partial charge in [-0.1, -0.05) is 6.92 Å². The first-order chi connectivity index (χ1) is 7.77. The SMILES string of the molecule is CCCNC(CCCOC)c1cnc(C)s1. The van der Waals surface area contributed by atoms with Gasteiger partial charge in [0.05, 0.1) is 5.01 Å². The van der Waals surface area contributed by atoms with Crippen LogP contribution in [0.1, 0.15) is 42.1 Å². The number of thiazole rings is 1. The maximum Gasteiger partial charge on any atom is 0.0897 e. The van der Waals surface area contributed by atoms with Gasteiger partial charge in [0.2, 0.25) is 0 Å². The summed E-state index contributed by atoms with van der Waals surface area (Å²) in [5.74, 6) is 0. The molecule has 0 saturated heterocycles. The topological polar surface area (TPSA) is 34.1 Å². The van der Waals surface area contributed by atoms with E-state index in [1.807, 2.05) is 6.20 Å². The van der Waals surface area contributed by atoms with E-state index >= 15 is 0 Å². The number of ether oxygens (including phenoxy) is 1. The van der Waals surface area contributed by atoms with Crippen molar-refractivity contribution in [2.45, 2.75) is 39.2 Å². The average molecular weight is 242 g/mol. The Morgan fingerprint density at radius 2 is 2.38 bits per heavy atom. The van der Waals surface area contributed by atoms with Crippen molar-refractivity contribution in [1.82, 2.24) is 10.3 Å². The summed E-state index contributed by atoms with van der Waals surface area (Å²) in [4.78, 5) is 5.67. The Hall–Kier alpha value is -0.450.